The van der Waals surface area contributed by atoms with Gasteiger partial charge in [0, 0.05) is 18.9 Å². The predicted octanol–water partition coefficient (Wildman–Crippen LogP) is -0.0585. The molecule has 0 aliphatic heterocycles. The number of aliphatic carboxylic acids is 1. The van der Waals surface area contributed by atoms with E-state index in [1.54, 1.807) is 17.0 Å². The van der Waals surface area contributed by atoms with Gasteiger partial charge in [-0.3, -0.25) is 9.59 Å². The topological polar surface area (TPSA) is 115 Å². The van der Waals surface area contributed by atoms with Crippen molar-refractivity contribution in [1.82, 2.24) is 24.5 Å². The maximum absolute atomic E-state index is 12.0. The standard InChI is InChI=1S/C12H16N6O3/c1-2-4-17-5-3-13-11(12(17)21)14-6-9-7-18(16-15-9)8-10(19)20/h3,5,7H,2,4,6,8H2,1H3,(H,13,14)(H,19,20). The zero-order chi connectivity index (χ0) is 15.2. The van der Waals surface area contributed by atoms with Crippen molar-refractivity contribution >= 4 is 11.8 Å². The second kappa shape index (κ2) is 6.64. The number of nitrogens with one attached hydrogen (secondary N) is 1. The first kappa shape index (κ1) is 14.7. The van der Waals surface area contributed by atoms with Crippen molar-refractivity contribution in [1.29, 1.82) is 0 Å². The Morgan fingerprint density at radius 3 is 3.00 bits per heavy atom. The van der Waals surface area contributed by atoms with E-state index in [1.807, 2.05) is 6.92 Å². The highest BCUT2D eigenvalue weighted by atomic mass is 16.4. The molecule has 0 unspecified atom stereocenters. The van der Waals surface area contributed by atoms with E-state index < -0.39 is 5.97 Å². The lowest BCUT2D eigenvalue weighted by Crippen LogP contribution is -2.24. The van der Waals surface area contributed by atoms with Crippen LogP contribution in [0.1, 0.15) is 19.0 Å². The second-order valence-corrected chi connectivity index (χ2v) is 4.43. The molecular weight excluding hydrogens is 276 g/mol. The summed E-state index contributed by atoms with van der Waals surface area (Å²) in [5.74, 6) is -0.759. The number of hydrogen-bond donors (Lipinski definition) is 2. The molecule has 0 aromatic carbocycles. The molecule has 0 amide bonds. The maximum atomic E-state index is 12.0. The lowest BCUT2D eigenvalue weighted by Gasteiger charge is -2.06. The maximum Gasteiger partial charge on any atom is 0.325 e. The average molecular weight is 292 g/mol. The molecule has 0 radical (unpaired) electrons. The van der Waals surface area contributed by atoms with Gasteiger partial charge >= 0.3 is 5.97 Å². The summed E-state index contributed by atoms with van der Waals surface area (Å²) in [6.07, 6.45) is 5.56. The van der Waals surface area contributed by atoms with Crippen LogP contribution >= 0.6 is 0 Å². The van der Waals surface area contributed by atoms with Crippen molar-refractivity contribution in [3.8, 4) is 0 Å². The van der Waals surface area contributed by atoms with Crippen LogP contribution in [0.4, 0.5) is 5.82 Å². The minimum absolute atomic E-state index is 0.197. The van der Waals surface area contributed by atoms with Gasteiger partial charge in [0.05, 0.1) is 12.7 Å². The molecule has 0 fully saturated rings. The third-order valence-corrected chi connectivity index (χ3v) is 2.70. The van der Waals surface area contributed by atoms with E-state index in [-0.39, 0.29) is 24.5 Å². The zero-order valence-electron chi connectivity index (χ0n) is 11.6. The van der Waals surface area contributed by atoms with E-state index in [2.05, 4.69) is 20.6 Å². The lowest BCUT2D eigenvalue weighted by atomic mass is 10.4. The number of carbonyl (C=O) groups is 1. The summed E-state index contributed by atoms with van der Waals surface area (Å²) in [7, 11) is 0. The highest BCUT2D eigenvalue weighted by Crippen LogP contribution is 1.99. The smallest absolute Gasteiger partial charge is 0.325 e. The molecule has 0 saturated heterocycles. The monoisotopic (exact) mass is 292 g/mol. The van der Waals surface area contributed by atoms with Crippen LogP contribution in [0.3, 0.4) is 0 Å². The molecular formula is C12H16N6O3. The first-order valence-electron chi connectivity index (χ1n) is 6.50. The second-order valence-electron chi connectivity index (χ2n) is 4.43. The van der Waals surface area contributed by atoms with E-state index in [0.717, 1.165) is 6.42 Å². The molecule has 0 spiro atoms. The third kappa shape index (κ3) is 3.88. The van der Waals surface area contributed by atoms with Crippen LogP contribution < -0.4 is 10.9 Å². The molecule has 2 heterocycles. The van der Waals surface area contributed by atoms with Crippen molar-refractivity contribution in [2.24, 2.45) is 0 Å². The van der Waals surface area contributed by atoms with Crippen LogP contribution in [-0.4, -0.2) is 35.6 Å². The summed E-state index contributed by atoms with van der Waals surface area (Å²) < 4.78 is 2.80. The van der Waals surface area contributed by atoms with Gasteiger partial charge in [0.1, 0.15) is 12.2 Å². The quantitative estimate of drug-likeness (QED) is 0.734. The van der Waals surface area contributed by atoms with Gasteiger partial charge in [0.15, 0.2) is 5.82 Å². The van der Waals surface area contributed by atoms with Crippen molar-refractivity contribution < 1.29 is 9.90 Å². The van der Waals surface area contributed by atoms with Crippen LogP contribution in [0.25, 0.3) is 0 Å². The fraction of sp³-hybridized carbons (Fsp3) is 0.417. The minimum atomic E-state index is -0.994. The van der Waals surface area contributed by atoms with Gasteiger partial charge < -0.3 is 15.0 Å². The molecule has 0 saturated carbocycles. The number of aromatic nitrogens is 5. The number of carboxylic acid groups (broad SMARTS) is 1. The van der Waals surface area contributed by atoms with Crippen molar-refractivity contribution in [2.45, 2.75) is 33.0 Å². The molecule has 0 bridgehead atoms. The van der Waals surface area contributed by atoms with Crippen molar-refractivity contribution in [3.05, 3.63) is 34.6 Å². The van der Waals surface area contributed by atoms with Crippen LogP contribution in [0.15, 0.2) is 23.4 Å². The highest BCUT2D eigenvalue weighted by molar-refractivity contribution is 5.66. The van der Waals surface area contributed by atoms with E-state index in [1.165, 1.54) is 10.9 Å². The van der Waals surface area contributed by atoms with Gasteiger partial charge in [-0.05, 0) is 6.42 Å². The summed E-state index contributed by atoms with van der Waals surface area (Å²) in [5, 5.41) is 19.0. The molecule has 9 heteroatoms. The normalized spacial score (nSPS) is 10.5. The molecule has 9 nitrogen and oxygen atoms in total. The molecule has 0 atom stereocenters. The number of hydrogen-bond acceptors (Lipinski definition) is 6. The molecule has 0 aliphatic carbocycles. The Kier molecular flexibility index (Phi) is 4.64. The predicted molar refractivity (Wildman–Crippen MR) is 73.8 cm³/mol. The van der Waals surface area contributed by atoms with Gasteiger partial charge in [0.25, 0.3) is 5.56 Å². The molecule has 112 valence electrons. The number of rotatable bonds is 7. The first-order chi connectivity index (χ1) is 10.1. The van der Waals surface area contributed by atoms with E-state index in [9.17, 15) is 9.59 Å². The number of aryl methyl sites for hydroxylation is 1. The Morgan fingerprint density at radius 1 is 1.48 bits per heavy atom. The SMILES string of the molecule is CCCn1ccnc(NCc2cn(CC(=O)O)nn2)c1=O. The third-order valence-electron chi connectivity index (χ3n) is 2.70. The highest BCUT2D eigenvalue weighted by Gasteiger charge is 2.07. The van der Waals surface area contributed by atoms with E-state index in [0.29, 0.717) is 12.2 Å². The van der Waals surface area contributed by atoms with Gasteiger partial charge in [-0.15, -0.1) is 5.10 Å². The lowest BCUT2D eigenvalue weighted by molar-refractivity contribution is -0.137. The summed E-state index contributed by atoms with van der Waals surface area (Å²) >= 11 is 0. The molecule has 2 N–H and O–H groups in total. The molecule has 2 aromatic heterocycles. The van der Waals surface area contributed by atoms with Gasteiger partial charge in [-0.2, -0.15) is 0 Å². The number of anilines is 1. The minimum Gasteiger partial charge on any atom is -0.480 e. The van der Waals surface area contributed by atoms with Crippen LogP contribution in [0, 0.1) is 0 Å². The zero-order valence-corrected chi connectivity index (χ0v) is 11.6. The first-order valence-corrected chi connectivity index (χ1v) is 6.50. The van der Waals surface area contributed by atoms with E-state index >= 15 is 0 Å². The summed E-state index contributed by atoms with van der Waals surface area (Å²) in [6.45, 7) is 2.61. The van der Waals surface area contributed by atoms with Crippen LogP contribution in [0.5, 0.6) is 0 Å². The Balaban J connectivity index is 2.03. The van der Waals surface area contributed by atoms with Gasteiger partial charge in [-0.25, -0.2) is 9.67 Å². The Labute approximate surface area is 120 Å². The number of carboxylic acids is 1. The van der Waals surface area contributed by atoms with Crippen molar-refractivity contribution in [2.75, 3.05) is 5.32 Å². The van der Waals surface area contributed by atoms with Crippen LogP contribution in [-0.2, 0) is 24.4 Å². The summed E-state index contributed by atoms with van der Waals surface area (Å²) in [5.41, 5.74) is 0.334. The number of nitrogens with zero attached hydrogens (tertiary/aromatic N) is 5. The molecule has 2 aromatic rings. The largest absolute Gasteiger partial charge is 0.480 e. The average Bonchev–Trinajstić information content (AvgIpc) is 2.87. The summed E-state index contributed by atoms with van der Waals surface area (Å²) in [4.78, 5) is 26.6. The molecule has 21 heavy (non-hydrogen) atoms. The molecule has 0 aliphatic rings. The summed E-state index contributed by atoms with van der Waals surface area (Å²) in [6, 6.07) is 0. The fourth-order valence-corrected chi connectivity index (χ4v) is 1.80. The Morgan fingerprint density at radius 2 is 2.29 bits per heavy atom. The van der Waals surface area contributed by atoms with Gasteiger partial charge in [0.2, 0.25) is 0 Å². The van der Waals surface area contributed by atoms with Gasteiger partial charge in [-0.1, -0.05) is 12.1 Å². The Bertz CT molecular complexity index is 678. The van der Waals surface area contributed by atoms with Crippen LogP contribution in [0.2, 0.25) is 0 Å². The fourth-order valence-electron chi connectivity index (χ4n) is 1.80. The molecule has 2 rings (SSSR count). The van der Waals surface area contributed by atoms with E-state index in [4.69, 9.17) is 5.11 Å². The Hall–Kier alpha value is -2.71. The van der Waals surface area contributed by atoms with Crippen molar-refractivity contribution in [3.63, 3.8) is 0 Å².